The second-order valence-electron chi connectivity index (χ2n) is 6.57. The molecule has 1 aromatic heterocycles. The van der Waals surface area contributed by atoms with E-state index < -0.39 is 11.6 Å². The fourth-order valence-corrected chi connectivity index (χ4v) is 2.58. The van der Waals surface area contributed by atoms with Crippen LogP contribution in [0.5, 0.6) is 17.2 Å². The molecule has 2 aromatic carbocycles. The van der Waals surface area contributed by atoms with Crippen molar-refractivity contribution in [3.63, 3.8) is 0 Å². The number of rotatable bonds is 6. The van der Waals surface area contributed by atoms with Crippen molar-refractivity contribution in [1.29, 1.82) is 0 Å². The van der Waals surface area contributed by atoms with Crippen molar-refractivity contribution in [2.24, 2.45) is 0 Å². The second-order valence-corrected chi connectivity index (χ2v) is 6.57. The monoisotopic (exact) mass is 368 g/mol. The van der Waals surface area contributed by atoms with Crippen LogP contribution >= 0.6 is 0 Å². The van der Waals surface area contributed by atoms with Crippen LogP contribution in [-0.4, -0.2) is 16.7 Å². The number of carboxylic acid groups (broad SMARTS) is 1. The maximum atomic E-state index is 12.7. The summed E-state index contributed by atoms with van der Waals surface area (Å²) < 4.78 is 16.8. The first-order valence-corrected chi connectivity index (χ1v) is 8.55. The average molecular weight is 368 g/mol. The molecular formula is C21H20O6. The molecule has 3 rings (SSSR count). The van der Waals surface area contributed by atoms with E-state index in [4.69, 9.17) is 19.0 Å². The topological polar surface area (TPSA) is 86.0 Å². The zero-order chi connectivity index (χ0) is 19.6. The third-order valence-electron chi connectivity index (χ3n) is 4.18. The Labute approximate surface area is 156 Å². The summed E-state index contributed by atoms with van der Waals surface area (Å²) >= 11 is 0. The zero-order valence-corrected chi connectivity index (χ0v) is 15.3. The minimum atomic E-state index is -1.40. The Morgan fingerprint density at radius 3 is 2.59 bits per heavy atom. The van der Waals surface area contributed by atoms with Gasteiger partial charge in [-0.25, -0.2) is 4.79 Å². The molecule has 1 heterocycles. The van der Waals surface area contributed by atoms with E-state index in [0.29, 0.717) is 16.9 Å². The number of aliphatic carboxylic acids is 1. The second kappa shape index (κ2) is 7.15. The Balaban J connectivity index is 1.95. The Kier molecular flexibility index (Phi) is 4.90. The molecule has 3 aromatic rings. The van der Waals surface area contributed by atoms with Gasteiger partial charge in [0.15, 0.2) is 5.60 Å². The van der Waals surface area contributed by atoms with Crippen molar-refractivity contribution in [2.75, 3.05) is 0 Å². The Morgan fingerprint density at radius 1 is 1.15 bits per heavy atom. The van der Waals surface area contributed by atoms with E-state index in [1.54, 1.807) is 6.07 Å². The van der Waals surface area contributed by atoms with E-state index >= 15 is 0 Å². The summed E-state index contributed by atoms with van der Waals surface area (Å²) in [5.41, 5.74) is -0.446. The zero-order valence-electron chi connectivity index (χ0n) is 15.3. The van der Waals surface area contributed by atoms with Crippen LogP contribution in [0.2, 0.25) is 0 Å². The van der Waals surface area contributed by atoms with Crippen molar-refractivity contribution in [1.82, 2.24) is 0 Å². The summed E-state index contributed by atoms with van der Waals surface area (Å²) in [6.45, 7) is 4.89. The van der Waals surface area contributed by atoms with Gasteiger partial charge in [-0.2, -0.15) is 0 Å². The van der Waals surface area contributed by atoms with Crippen molar-refractivity contribution < 1.29 is 23.8 Å². The van der Waals surface area contributed by atoms with E-state index in [0.717, 1.165) is 12.0 Å². The third-order valence-corrected chi connectivity index (χ3v) is 4.18. The molecule has 0 unspecified atom stereocenters. The van der Waals surface area contributed by atoms with E-state index in [2.05, 4.69) is 0 Å². The Bertz CT molecular complexity index is 1050. The quantitative estimate of drug-likeness (QED) is 0.694. The van der Waals surface area contributed by atoms with Gasteiger partial charge in [-0.15, -0.1) is 0 Å². The molecule has 140 valence electrons. The predicted molar refractivity (Wildman–Crippen MR) is 101 cm³/mol. The van der Waals surface area contributed by atoms with E-state index in [-0.39, 0.29) is 16.8 Å². The van der Waals surface area contributed by atoms with Crippen LogP contribution in [0.3, 0.4) is 0 Å². The lowest BCUT2D eigenvalue weighted by Gasteiger charge is -2.21. The maximum absolute atomic E-state index is 12.7. The van der Waals surface area contributed by atoms with Gasteiger partial charge in [0.05, 0.1) is 5.39 Å². The van der Waals surface area contributed by atoms with Crippen molar-refractivity contribution in [3.8, 4) is 17.2 Å². The van der Waals surface area contributed by atoms with Crippen molar-refractivity contribution in [3.05, 3.63) is 64.5 Å². The number of aryl methyl sites for hydroxylation is 1. The van der Waals surface area contributed by atoms with E-state index in [1.807, 2.05) is 25.1 Å². The number of benzene rings is 2. The first-order chi connectivity index (χ1) is 12.8. The summed E-state index contributed by atoms with van der Waals surface area (Å²) in [7, 11) is 0. The Morgan fingerprint density at radius 2 is 1.89 bits per heavy atom. The number of hydrogen-bond acceptors (Lipinski definition) is 5. The molecule has 0 atom stereocenters. The number of carbonyl (C=O) groups is 1. The molecule has 0 bridgehead atoms. The van der Waals surface area contributed by atoms with Gasteiger partial charge in [0.2, 0.25) is 11.2 Å². The SMILES string of the molecule is CCc1ccccc1Oc1coc2cc(OC(C)(C)C(=O)O)ccc2c1=O. The van der Waals surface area contributed by atoms with Crippen LogP contribution in [-0.2, 0) is 11.2 Å². The number of carboxylic acids is 1. The molecule has 0 amide bonds. The van der Waals surface area contributed by atoms with E-state index in [1.165, 1.54) is 38.3 Å². The lowest BCUT2D eigenvalue weighted by Crippen LogP contribution is -2.37. The number of hydrogen-bond donors (Lipinski definition) is 1. The fourth-order valence-electron chi connectivity index (χ4n) is 2.58. The molecule has 6 nitrogen and oxygen atoms in total. The Hall–Kier alpha value is -3.28. The van der Waals surface area contributed by atoms with Gasteiger partial charge in [-0.05, 0) is 44.0 Å². The molecule has 0 spiro atoms. The van der Waals surface area contributed by atoms with Gasteiger partial charge in [0.25, 0.3) is 0 Å². The number of fused-ring (bicyclic) bond motifs is 1. The third kappa shape index (κ3) is 3.79. The summed E-state index contributed by atoms with van der Waals surface area (Å²) in [4.78, 5) is 23.9. The maximum Gasteiger partial charge on any atom is 0.347 e. The van der Waals surface area contributed by atoms with Crippen LogP contribution in [0.4, 0.5) is 0 Å². The summed E-state index contributed by atoms with van der Waals surface area (Å²) in [6.07, 6.45) is 2.03. The van der Waals surface area contributed by atoms with Gasteiger partial charge in [0, 0.05) is 6.07 Å². The highest BCUT2D eigenvalue weighted by molar-refractivity contribution is 5.80. The van der Waals surface area contributed by atoms with Gasteiger partial charge >= 0.3 is 5.97 Å². The van der Waals surface area contributed by atoms with Gasteiger partial charge in [0.1, 0.15) is 23.3 Å². The normalized spacial score (nSPS) is 11.4. The van der Waals surface area contributed by atoms with Crippen LogP contribution in [0, 0.1) is 0 Å². The molecule has 0 aliphatic heterocycles. The van der Waals surface area contributed by atoms with Crippen LogP contribution < -0.4 is 14.9 Å². The minimum absolute atomic E-state index is 0.0861. The van der Waals surface area contributed by atoms with E-state index in [9.17, 15) is 9.59 Å². The minimum Gasteiger partial charge on any atom is -0.478 e. The molecule has 6 heteroatoms. The van der Waals surface area contributed by atoms with Crippen molar-refractivity contribution >= 4 is 16.9 Å². The lowest BCUT2D eigenvalue weighted by atomic mass is 10.1. The van der Waals surface area contributed by atoms with Crippen LogP contribution in [0.25, 0.3) is 11.0 Å². The predicted octanol–water partition coefficient (Wildman–Crippen LogP) is 4.39. The molecular weight excluding hydrogens is 348 g/mol. The highest BCUT2D eigenvalue weighted by Gasteiger charge is 2.29. The molecule has 0 aliphatic carbocycles. The highest BCUT2D eigenvalue weighted by Crippen LogP contribution is 2.27. The summed E-state index contributed by atoms with van der Waals surface area (Å²) in [5, 5.41) is 9.49. The highest BCUT2D eigenvalue weighted by atomic mass is 16.5. The first kappa shape index (κ1) is 18.5. The number of ether oxygens (including phenoxy) is 2. The molecule has 0 fully saturated rings. The van der Waals surface area contributed by atoms with Crippen molar-refractivity contribution in [2.45, 2.75) is 32.8 Å². The lowest BCUT2D eigenvalue weighted by molar-refractivity contribution is -0.152. The fraction of sp³-hybridized carbons (Fsp3) is 0.238. The molecule has 0 radical (unpaired) electrons. The summed E-state index contributed by atoms with van der Waals surface area (Å²) in [5.74, 6) is -0.108. The van der Waals surface area contributed by atoms with Crippen LogP contribution in [0.15, 0.2) is 57.9 Å². The van der Waals surface area contributed by atoms with Gasteiger partial charge in [-0.3, -0.25) is 4.79 Å². The molecule has 0 aliphatic rings. The van der Waals surface area contributed by atoms with Crippen LogP contribution in [0.1, 0.15) is 26.3 Å². The largest absolute Gasteiger partial charge is 0.478 e. The summed E-state index contributed by atoms with van der Waals surface area (Å²) in [6, 6.07) is 12.0. The smallest absolute Gasteiger partial charge is 0.347 e. The standard InChI is InChI=1S/C21H20O6/c1-4-13-7-5-6-8-16(13)26-18-12-25-17-11-14(9-10-15(17)19(18)22)27-21(2,3)20(23)24/h5-12H,4H2,1-3H3,(H,23,24). The first-order valence-electron chi connectivity index (χ1n) is 8.55. The molecule has 27 heavy (non-hydrogen) atoms. The van der Waals surface area contributed by atoms with Gasteiger partial charge in [-0.1, -0.05) is 25.1 Å². The van der Waals surface area contributed by atoms with Gasteiger partial charge < -0.3 is 19.0 Å². The molecule has 0 saturated heterocycles. The average Bonchev–Trinajstić information content (AvgIpc) is 2.64. The molecule has 1 N–H and O–H groups in total. The number of para-hydroxylation sites is 1. The molecule has 0 saturated carbocycles.